The number of benzene rings is 22. The molecule has 6 heterocycles. The van der Waals surface area contributed by atoms with E-state index in [9.17, 15) is 0 Å². The van der Waals surface area contributed by atoms with E-state index in [0.29, 0.717) is 5.95 Å². The fourth-order valence-corrected chi connectivity index (χ4v) is 25.9. The monoisotopic (exact) mass is 1910 g/mol. The summed E-state index contributed by atoms with van der Waals surface area (Å²) >= 11 is 0. The zero-order valence-corrected chi connectivity index (χ0v) is 83.9. The molecule has 0 fully saturated rings. The molecule has 28 aromatic rings. The van der Waals surface area contributed by atoms with Gasteiger partial charge in [-0.3, -0.25) is 4.57 Å². The summed E-state index contributed by atoms with van der Waals surface area (Å²) in [5.41, 5.74) is 42.7. The number of hydrogen-bond donors (Lipinski definition) is 0. The molecule has 31 rings (SSSR count). The van der Waals surface area contributed by atoms with Gasteiger partial charge in [-0.25, -0.2) is 19.9 Å². The van der Waals surface area contributed by atoms with Crippen LogP contribution in [0, 0.1) is 0 Å². The van der Waals surface area contributed by atoms with Crippen LogP contribution in [0.5, 0.6) is 0 Å². The number of nitrogens with zero attached hydrogens (tertiary/aromatic N) is 7. The van der Waals surface area contributed by atoms with E-state index in [2.05, 4.69) is 547 Å². The lowest BCUT2D eigenvalue weighted by atomic mass is 9.80. The van der Waals surface area contributed by atoms with E-state index < -0.39 is 0 Å². The third-order valence-electron chi connectivity index (χ3n) is 32.7. The van der Waals surface area contributed by atoms with Crippen LogP contribution in [0.4, 0.5) is 0 Å². The largest absolute Gasteiger partial charge is 0.309 e. The Hall–Kier alpha value is -18.8. The summed E-state index contributed by atoms with van der Waals surface area (Å²) in [5.74, 6) is 0.674. The molecular formula is C143H99N7. The van der Waals surface area contributed by atoms with Crippen molar-refractivity contribution in [2.45, 2.75) is 57.8 Å². The molecule has 0 bridgehead atoms. The summed E-state index contributed by atoms with van der Waals surface area (Å²) in [7, 11) is 0. The number of aromatic nitrogens is 7. The van der Waals surface area contributed by atoms with Crippen LogP contribution in [0.15, 0.2) is 491 Å². The minimum absolute atomic E-state index is 0.164. The quantitative estimate of drug-likeness (QED) is 0.137. The summed E-state index contributed by atoms with van der Waals surface area (Å²) in [5, 5.41) is 20.0. The van der Waals surface area contributed by atoms with Crippen molar-refractivity contribution >= 4 is 130 Å². The fourth-order valence-electron chi connectivity index (χ4n) is 25.9. The van der Waals surface area contributed by atoms with Crippen molar-refractivity contribution in [3.8, 4) is 129 Å². The molecule has 0 saturated heterocycles. The van der Waals surface area contributed by atoms with Crippen LogP contribution >= 0.6 is 0 Å². The molecule has 0 saturated carbocycles. The molecule has 0 atom stereocenters. The molecule has 150 heavy (non-hydrogen) atoms. The Labute approximate surface area is 869 Å². The van der Waals surface area contributed by atoms with Crippen LogP contribution in [0.25, 0.3) is 259 Å². The summed E-state index contributed by atoms with van der Waals surface area (Å²) in [6.07, 6.45) is 0. The number of para-hydroxylation sites is 4. The van der Waals surface area contributed by atoms with E-state index in [-0.39, 0.29) is 16.2 Å². The summed E-state index contributed by atoms with van der Waals surface area (Å²) in [6, 6.07) is 178. The van der Waals surface area contributed by atoms with Gasteiger partial charge in [0.2, 0.25) is 5.95 Å². The molecule has 6 aromatic heterocycles. The van der Waals surface area contributed by atoms with E-state index in [0.717, 1.165) is 78.3 Å². The molecule has 0 radical (unpaired) electrons. The SMILES string of the molecule is CC1(C)c2ccccc2-c2c1c1c(c3ccccc23)c2cc(-c3ccccc3)ccc2n1-c1nc(-c2ccc(-c3ccccc3)cc2)c2ccccc2n1.CC1(C)c2ccccc2-c2c1c1c(c3ccccc23)c2ccccc2n1-c1ccc(-c2cc(-c3ccccc3)c3ccccc3n2)cc1.CC1(C)c2ccccc2-c2c1c1c(c3ccccc23)c2ccccc2n1-c1ccc(-c2cc3ccccc3c(-c3ccccc3)n2)cc1. The Kier molecular flexibility index (Phi) is 20.0. The minimum Gasteiger partial charge on any atom is -0.309 e. The molecule has 0 amide bonds. The zero-order chi connectivity index (χ0) is 99.9. The molecule has 3 aliphatic rings. The lowest BCUT2D eigenvalue weighted by Crippen LogP contribution is -2.17. The first-order valence-electron chi connectivity index (χ1n) is 52.2. The van der Waals surface area contributed by atoms with Crippen LogP contribution in [0.2, 0.25) is 0 Å². The van der Waals surface area contributed by atoms with Gasteiger partial charge in [0.1, 0.15) is 0 Å². The van der Waals surface area contributed by atoms with Gasteiger partial charge in [0.25, 0.3) is 0 Å². The molecule has 0 spiro atoms. The van der Waals surface area contributed by atoms with Crippen LogP contribution in [-0.2, 0) is 16.2 Å². The lowest BCUT2D eigenvalue weighted by molar-refractivity contribution is 0.663. The predicted molar refractivity (Wildman–Crippen MR) is 629 cm³/mol. The molecule has 3 aliphatic carbocycles. The number of hydrogen-bond acceptors (Lipinski definition) is 4. The van der Waals surface area contributed by atoms with Crippen molar-refractivity contribution in [2.24, 2.45) is 0 Å². The highest BCUT2D eigenvalue weighted by molar-refractivity contribution is 6.31. The number of fused-ring (bicyclic) bond motifs is 33. The minimum atomic E-state index is -0.268. The molecular weight excluding hydrogens is 1820 g/mol. The highest BCUT2D eigenvalue weighted by Gasteiger charge is 2.45. The van der Waals surface area contributed by atoms with Crippen molar-refractivity contribution in [3.63, 3.8) is 0 Å². The number of pyridine rings is 2. The van der Waals surface area contributed by atoms with Gasteiger partial charge in [0, 0.05) is 98.3 Å². The third-order valence-corrected chi connectivity index (χ3v) is 32.7. The molecule has 0 unspecified atom stereocenters. The van der Waals surface area contributed by atoms with Gasteiger partial charge in [-0.1, -0.05) is 460 Å². The van der Waals surface area contributed by atoms with E-state index in [1.165, 1.54) is 209 Å². The van der Waals surface area contributed by atoms with Crippen molar-refractivity contribution in [1.82, 2.24) is 33.6 Å². The van der Waals surface area contributed by atoms with Crippen LogP contribution in [-0.4, -0.2) is 33.6 Å². The van der Waals surface area contributed by atoms with E-state index in [1.54, 1.807) is 0 Å². The van der Waals surface area contributed by atoms with Gasteiger partial charge in [-0.15, -0.1) is 0 Å². The summed E-state index contributed by atoms with van der Waals surface area (Å²) < 4.78 is 7.39. The van der Waals surface area contributed by atoms with Crippen molar-refractivity contribution < 1.29 is 0 Å². The highest BCUT2D eigenvalue weighted by atomic mass is 15.2. The summed E-state index contributed by atoms with van der Waals surface area (Å²) in [4.78, 5) is 21.3. The second kappa shape index (κ2) is 34.2. The van der Waals surface area contributed by atoms with Gasteiger partial charge in [-0.05, 0) is 211 Å². The van der Waals surface area contributed by atoms with Crippen LogP contribution < -0.4 is 0 Å². The fraction of sp³-hybridized carbons (Fsp3) is 0.0629. The Morgan fingerprint density at radius 1 is 0.187 bits per heavy atom. The van der Waals surface area contributed by atoms with Crippen LogP contribution in [0.1, 0.15) is 74.9 Å². The van der Waals surface area contributed by atoms with E-state index in [4.69, 9.17) is 19.9 Å². The van der Waals surface area contributed by atoms with Gasteiger partial charge in [-0.2, -0.15) is 0 Å². The Morgan fingerprint density at radius 3 is 0.993 bits per heavy atom. The third kappa shape index (κ3) is 13.5. The van der Waals surface area contributed by atoms with E-state index in [1.807, 2.05) is 0 Å². The molecule has 22 aromatic carbocycles. The van der Waals surface area contributed by atoms with Crippen LogP contribution in [0.3, 0.4) is 0 Å². The smallest absolute Gasteiger partial charge is 0.235 e. The number of rotatable bonds is 10. The normalized spacial score (nSPS) is 13.3. The maximum absolute atomic E-state index is 5.55. The van der Waals surface area contributed by atoms with Crippen molar-refractivity contribution in [3.05, 3.63) is 525 Å². The predicted octanol–water partition coefficient (Wildman–Crippen LogP) is 37.4. The standard InChI is InChI=1S/C51H35N3.2C46H32N2/c1-51(2)42-23-13-11-21-39(42)45-37-19-9-10-20-38(37)46-41-31-36(33-17-7-4-8-18-33)29-30-44(41)54(49(46)47(45)51)50-52-43-24-14-12-22-40(43)48(53-50)35-27-25-34(26-28-35)32-15-5-3-6-16-32;1-46(2)38-21-11-8-19-35(38)42-33-17-6-7-18-34(33)43-36-20-10-13-23-41(36)48(45(43)44(42)46)31-26-24-30(25-27-31)40-28-37(29-14-4-3-5-15-29)32-16-9-12-22-39(32)47-40;1-46(2)38-22-12-10-20-36(38)41-34-18-8-9-19-35(34)42-37-21-11-13-23-40(37)48(45(42)43(41)46)32-26-24-29(25-27-32)39-28-31-16-6-7-17-33(31)44(47-39)30-14-4-3-5-15-30/h3-31H,1-2H3;2*3-28H,1-2H3. The average molecular weight is 1920 g/mol. The highest BCUT2D eigenvalue weighted by Crippen LogP contribution is 2.61. The van der Waals surface area contributed by atoms with Gasteiger partial charge in [0.05, 0.1) is 66.9 Å². The first-order valence-corrected chi connectivity index (χ1v) is 52.2. The second-order valence-electron chi connectivity index (χ2n) is 42.0. The Morgan fingerprint density at radius 2 is 0.507 bits per heavy atom. The maximum Gasteiger partial charge on any atom is 0.235 e. The molecule has 7 heteroatoms. The van der Waals surface area contributed by atoms with E-state index >= 15 is 0 Å². The van der Waals surface area contributed by atoms with Gasteiger partial charge >= 0.3 is 0 Å². The molecule has 706 valence electrons. The first kappa shape index (κ1) is 87.7. The van der Waals surface area contributed by atoms with Gasteiger partial charge in [0.15, 0.2) is 0 Å². The zero-order valence-electron chi connectivity index (χ0n) is 83.9. The second-order valence-corrected chi connectivity index (χ2v) is 42.0. The molecule has 0 aliphatic heterocycles. The molecule has 0 N–H and O–H groups in total. The Balaban J connectivity index is 0.000000106. The average Bonchev–Trinajstić information content (AvgIpc) is 1.53. The lowest BCUT2D eigenvalue weighted by Gasteiger charge is -2.24. The topological polar surface area (TPSA) is 66.3 Å². The van der Waals surface area contributed by atoms with Crippen molar-refractivity contribution in [2.75, 3.05) is 0 Å². The molecule has 7 nitrogen and oxygen atoms in total. The first-order chi connectivity index (χ1) is 73.7. The maximum atomic E-state index is 5.55. The Bertz CT molecular complexity index is 10100. The van der Waals surface area contributed by atoms with Gasteiger partial charge < -0.3 is 9.13 Å². The summed E-state index contributed by atoms with van der Waals surface area (Å²) in [6.45, 7) is 14.3. The van der Waals surface area contributed by atoms with Crippen molar-refractivity contribution in [1.29, 1.82) is 0 Å².